The molecule has 140 valence electrons. The molecule has 3 nitrogen and oxygen atoms in total. The summed E-state index contributed by atoms with van der Waals surface area (Å²) in [4.78, 5) is 17.6. The number of Topliss-reactive ketones (excluding diaryl/α,β-unsaturated/α-hetero) is 1. The molecule has 0 radical (unpaired) electrons. The molecule has 0 aliphatic carbocycles. The first-order valence-corrected chi connectivity index (χ1v) is 9.20. The second kappa shape index (κ2) is 8.21. The molecule has 1 atom stereocenters. The van der Waals surface area contributed by atoms with Crippen LogP contribution in [0, 0.1) is 25.7 Å². The Hall–Kier alpha value is -3.22. The summed E-state index contributed by atoms with van der Waals surface area (Å²) in [7, 11) is 0. The van der Waals surface area contributed by atoms with Crippen LogP contribution in [0.5, 0.6) is 0 Å². The molecule has 0 spiro atoms. The van der Waals surface area contributed by atoms with Crippen LogP contribution in [0.3, 0.4) is 0 Å². The van der Waals surface area contributed by atoms with Gasteiger partial charge in [0, 0.05) is 17.5 Å². The number of hydrogen-bond donors (Lipinski definition) is 1. The van der Waals surface area contributed by atoms with Gasteiger partial charge in [-0.15, -0.1) is 0 Å². The Morgan fingerprint density at radius 1 is 1.04 bits per heavy atom. The molecule has 0 fully saturated rings. The Morgan fingerprint density at radius 3 is 2.36 bits per heavy atom. The number of rotatable bonds is 4. The van der Waals surface area contributed by atoms with E-state index in [1.54, 1.807) is 13.1 Å². The third kappa shape index (κ3) is 3.47. The molecule has 0 aliphatic rings. The molecule has 1 unspecified atom stereocenters. The number of carbonyl (C=O) groups is 1. The maximum Gasteiger partial charge on any atom is 0.149 e. The van der Waals surface area contributed by atoms with E-state index in [2.05, 4.69) is 16.8 Å². The number of pyridine rings is 1. The van der Waals surface area contributed by atoms with Crippen molar-refractivity contribution in [3.63, 3.8) is 0 Å². The van der Waals surface area contributed by atoms with Crippen LogP contribution in [-0.2, 0) is 10.2 Å². The number of ketones is 1. The predicted molar refractivity (Wildman–Crippen MR) is 111 cm³/mol. The summed E-state index contributed by atoms with van der Waals surface area (Å²) in [6.45, 7) is 5.42. The van der Waals surface area contributed by atoms with Gasteiger partial charge in [-0.25, -0.2) is 0 Å². The van der Waals surface area contributed by atoms with Crippen molar-refractivity contribution in [2.45, 2.75) is 26.2 Å². The Labute approximate surface area is 166 Å². The van der Waals surface area contributed by atoms with E-state index < -0.39 is 5.41 Å². The number of aromatic nitrogens is 1. The minimum absolute atomic E-state index is 0.0431. The van der Waals surface area contributed by atoms with E-state index in [0.29, 0.717) is 0 Å². The molecule has 0 amide bonds. The number of hydrogen-bond acceptors (Lipinski definition) is 3. The van der Waals surface area contributed by atoms with Gasteiger partial charge in [0.15, 0.2) is 0 Å². The molecule has 0 saturated heterocycles. The number of aliphatic hydroxyl groups excluding tert-OH is 1. The summed E-state index contributed by atoms with van der Waals surface area (Å²) in [6.07, 6.45) is 1.75. The van der Waals surface area contributed by atoms with Gasteiger partial charge in [0.25, 0.3) is 0 Å². The van der Waals surface area contributed by atoms with Gasteiger partial charge in [0.1, 0.15) is 17.8 Å². The zero-order valence-corrected chi connectivity index (χ0v) is 16.4. The third-order valence-corrected chi connectivity index (χ3v) is 5.04. The molecule has 3 aromatic rings. The van der Waals surface area contributed by atoms with E-state index >= 15 is 0 Å². The Bertz CT molecular complexity index is 1060. The minimum Gasteiger partial charge on any atom is -0.384 e. The molecular weight excluding hydrogens is 346 g/mol. The molecule has 1 N–H and O–H groups in total. The van der Waals surface area contributed by atoms with Gasteiger partial charge >= 0.3 is 0 Å². The van der Waals surface area contributed by atoms with Crippen LogP contribution >= 0.6 is 0 Å². The fourth-order valence-corrected chi connectivity index (χ4v) is 3.79. The van der Waals surface area contributed by atoms with E-state index in [4.69, 9.17) is 5.11 Å². The molecule has 3 heteroatoms. The van der Waals surface area contributed by atoms with E-state index in [0.717, 1.165) is 33.5 Å². The molecule has 1 heterocycles. The van der Waals surface area contributed by atoms with Crippen LogP contribution in [0.15, 0.2) is 66.9 Å². The largest absolute Gasteiger partial charge is 0.384 e. The summed E-state index contributed by atoms with van der Waals surface area (Å²) in [6, 6.07) is 19.6. The van der Waals surface area contributed by atoms with Gasteiger partial charge < -0.3 is 5.11 Å². The van der Waals surface area contributed by atoms with Gasteiger partial charge in [-0.05, 0) is 67.3 Å². The van der Waals surface area contributed by atoms with Crippen molar-refractivity contribution in [2.24, 2.45) is 0 Å². The topological polar surface area (TPSA) is 50.2 Å². The normalized spacial score (nSPS) is 12.6. The highest BCUT2D eigenvalue weighted by atomic mass is 16.2. The van der Waals surface area contributed by atoms with Gasteiger partial charge in [-0.1, -0.05) is 48.2 Å². The number of aryl methyl sites for hydroxylation is 2. The first-order valence-electron chi connectivity index (χ1n) is 9.20. The highest BCUT2D eigenvalue weighted by Crippen LogP contribution is 2.41. The third-order valence-electron chi connectivity index (χ3n) is 5.04. The van der Waals surface area contributed by atoms with Crippen LogP contribution in [0.2, 0.25) is 0 Å². The van der Waals surface area contributed by atoms with Crippen molar-refractivity contribution in [1.82, 2.24) is 4.98 Å². The van der Waals surface area contributed by atoms with Crippen molar-refractivity contribution >= 4 is 5.78 Å². The Balaban J connectivity index is 2.33. The number of aliphatic hydroxyl groups is 1. The summed E-state index contributed by atoms with van der Waals surface area (Å²) < 4.78 is 0. The molecular formula is C25H23NO2. The lowest BCUT2D eigenvalue weighted by molar-refractivity contribution is -0.119. The number of benzene rings is 2. The standard InChI is InChI=1S/C25H23NO2/c1-18-7-4-5-9-24(18)25(20(3)28,23-14-15-26-19(2)17-23)22-12-10-21(11-13-22)8-6-16-27/h4-5,7,9-15,17,27H,16H2,1-3H3. The average molecular weight is 369 g/mol. The average Bonchev–Trinajstić information content (AvgIpc) is 2.69. The smallest absolute Gasteiger partial charge is 0.149 e. The minimum atomic E-state index is -0.929. The quantitative estimate of drug-likeness (QED) is 0.708. The zero-order valence-electron chi connectivity index (χ0n) is 16.4. The lowest BCUT2D eigenvalue weighted by atomic mass is 9.66. The van der Waals surface area contributed by atoms with Gasteiger partial charge in [-0.2, -0.15) is 0 Å². The molecule has 3 rings (SSSR count). The van der Waals surface area contributed by atoms with Crippen LogP contribution in [0.25, 0.3) is 0 Å². The number of nitrogens with zero attached hydrogens (tertiary/aromatic N) is 1. The van der Waals surface area contributed by atoms with E-state index in [1.807, 2.05) is 74.5 Å². The predicted octanol–water partition coefficient (Wildman–Crippen LogP) is 3.97. The lowest BCUT2D eigenvalue weighted by Gasteiger charge is -2.34. The Morgan fingerprint density at radius 2 is 1.75 bits per heavy atom. The molecule has 2 aromatic carbocycles. The fourth-order valence-electron chi connectivity index (χ4n) is 3.79. The maximum atomic E-state index is 13.3. The maximum absolute atomic E-state index is 13.3. The fraction of sp³-hybridized carbons (Fsp3) is 0.200. The van der Waals surface area contributed by atoms with Crippen molar-refractivity contribution < 1.29 is 9.90 Å². The second-order valence-corrected chi connectivity index (χ2v) is 6.84. The van der Waals surface area contributed by atoms with Crippen molar-refractivity contribution in [1.29, 1.82) is 0 Å². The first kappa shape index (κ1) is 19.5. The first-order chi connectivity index (χ1) is 13.5. The van der Waals surface area contributed by atoms with E-state index in [-0.39, 0.29) is 12.4 Å². The van der Waals surface area contributed by atoms with E-state index in [1.165, 1.54) is 0 Å². The SMILES string of the molecule is CC(=O)C(c1ccc(C#CCO)cc1)(c1ccnc(C)c1)c1ccccc1C. The highest BCUT2D eigenvalue weighted by molar-refractivity contribution is 5.96. The summed E-state index contributed by atoms with van der Waals surface area (Å²) in [5, 5.41) is 8.91. The van der Waals surface area contributed by atoms with Crippen molar-refractivity contribution in [3.05, 3.63) is 100 Å². The highest BCUT2D eigenvalue weighted by Gasteiger charge is 2.42. The monoisotopic (exact) mass is 369 g/mol. The van der Waals surface area contributed by atoms with Crippen molar-refractivity contribution in [2.75, 3.05) is 6.61 Å². The van der Waals surface area contributed by atoms with Gasteiger partial charge in [0.05, 0.1) is 0 Å². The van der Waals surface area contributed by atoms with Crippen molar-refractivity contribution in [3.8, 4) is 11.8 Å². The molecule has 28 heavy (non-hydrogen) atoms. The van der Waals surface area contributed by atoms with Gasteiger partial charge in [0.2, 0.25) is 0 Å². The van der Waals surface area contributed by atoms with Crippen LogP contribution in [0.4, 0.5) is 0 Å². The molecule has 0 aliphatic heterocycles. The molecule has 1 aromatic heterocycles. The second-order valence-electron chi connectivity index (χ2n) is 6.84. The Kier molecular flexibility index (Phi) is 5.73. The van der Waals surface area contributed by atoms with Crippen LogP contribution < -0.4 is 0 Å². The summed E-state index contributed by atoms with van der Waals surface area (Å²) >= 11 is 0. The lowest BCUT2D eigenvalue weighted by Crippen LogP contribution is -2.37. The van der Waals surface area contributed by atoms with Crippen LogP contribution in [-0.4, -0.2) is 22.5 Å². The molecule has 0 bridgehead atoms. The van der Waals surface area contributed by atoms with Gasteiger partial charge in [-0.3, -0.25) is 9.78 Å². The zero-order chi connectivity index (χ0) is 20.1. The summed E-state index contributed by atoms with van der Waals surface area (Å²) in [5.74, 6) is 5.61. The number of carbonyl (C=O) groups excluding carboxylic acids is 1. The van der Waals surface area contributed by atoms with Crippen LogP contribution in [0.1, 0.15) is 40.4 Å². The molecule has 0 saturated carbocycles. The van der Waals surface area contributed by atoms with E-state index in [9.17, 15) is 4.79 Å². The summed E-state index contributed by atoms with van der Waals surface area (Å²) in [5.41, 5.74) is 4.53.